The van der Waals surface area contributed by atoms with Crippen LogP contribution in [0.25, 0.3) is 0 Å². The van der Waals surface area contributed by atoms with E-state index in [0.717, 1.165) is 30.5 Å². The first-order valence-corrected chi connectivity index (χ1v) is 11.3. The molecule has 33 heavy (non-hydrogen) atoms. The third-order valence-corrected chi connectivity index (χ3v) is 5.95. The molecule has 0 saturated heterocycles. The minimum absolute atomic E-state index is 0.0181. The van der Waals surface area contributed by atoms with Crippen LogP contribution in [0, 0.1) is 11.6 Å². The molecule has 0 aromatic heterocycles. The number of hydrogen-bond acceptors (Lipinski definition) is 3. The zero-order valence-corrected chi connectivity index (χ0v) is 19.9. The highest BCUT2D eigenvalue weighted by atomic mass is 19.1. The third kappa shape index (κ3) is 5.34. The van der Waals surface area contributed by atoms with Crippen molar-refractivity contribution in [3.8, 4) is 5.75 Å². The molecule has 1 atom stereocenters. The molecule has 1 heterocycles. The Labute approximate surface area is 194 Å². The van der Waals surface area contributed by atoms with E-state index >= 15 is 0 Å². The molecule has 0 radical (unpaired) electrons. The molecule has 3 rings (SSSR count). The lowest BCUT2D eigenvalue weighted by Crippen LogP contribution is -2.45. The number of rotatable bonds is 6. The number of methoxy groups -OCH3 is 1. The van der Waals surface area contributed by atoms with Crippen LogP contribution in [0.3, 0.4) is 0 Å². The number of hydrogen-bond donors (Lipinski definition) is 1. The Kier molecular flexibility index (Phi) is 7.40. The van der Waals surface area contributed by atoms with Crippen molar-refractivity contribution in [2.75, 3.05) is 19.0 Å². The average Bonchev–Trinajstić information content (AvgIpc) is 2.74. The number of anilines is 1. The highest BCUT2D eigenvalue weighted by Crippen LogP contribution is 2.35. The second-order valence-corrected chi connectivity index (χ2v) is 9.46. The molecule has 0 spiro atoms. The predicted molar refractivity (Wildman–Crippen MR) is 124 cm³/mol. The Bertz CT molecular complexity index is 1020. The zero-order valence-electron chi connectivity index (χ0n) is 19.9. The summed E-state index contributed by atoms with van der Waals surface area (Å²) in [6.07, 6.45) is 2.53. The van der Waals surface area contributed by atoms with Gasteiger partial charge in [-0.05, 0) is 53.6 Å². The van der Waals surface area contributed by atoms with Gasteiger partial charge in [0.05, 0.1) is 7.11 Å². The van der Waals surface area contributed by atoms with Gasteiger partial charge in [0.15, 0.2) is 0 Å². The second-order valence-electron chi connectivity index (χ2n) is 9.46. The van der Waals surface area contributed by atoms with Gasteiger partial charge in [0, 0.05) is 24.2 Å². The maximum absolute atomic E-state index is 14.7. The zero-order chi connectivity index (χ0) is 24.3. The van der Waals surface area contributed by atoms with Gasteiger partial charge in [0.25, 0.3) is 5.91 Å². The summed E-state index contributed by atoms with van der Waals surface area (Å²) >= 11 is 0. The fraction of sp³-hybridized carbons (Fsp3) is 0.462. The molecule has 7 heteroatoms. The van der Waals surface area contributed by atoms with E-state index in [1.54, 1.807) is 44.9 Å². The molecule has 2 aromatic carbocycles. The summed E-state index contributed by atoms with van der Waals surface area (Å²) in [6, 6.07) is 6.75. The van der Waals surface area contributed by atoms with Crippen LogP contribution in [0.5, 0.6) is 5.75 Å². The van der Waals surface area contributed by atoms with Crippen LogP contribution < -0.4 is 10.1 Å². The number of unbranched alkanes of at least 4 members (excludes halogenated alkanes) is 1. The normalized spacial score (nSPS) is 15.7. The molecule has 0 unspecified atom stereocenters. The van der Waals surface area contributed by atoms with Crippen LogP contribution in [0.4, 0.5) is 14.5 Å². The van der Waals surface area contributed by atoms with Crippen LogP contribution in [0.1, 0.15) is 69.7 Å². The molecule has 1 aliphatic rings. The Morgan fingerprint density at radius 2 is 1.82 bits per heavy atom. The molecular weight excluding hydrogens is 426 g/mol. The number of nitrogens with one attached hydrogen (secondary N) is 1. The van der Waals surface area contributed by atoms with Crippen LogP contribution in [0.15, 0.2) is 30.3 Å². The topological polar surface area (TPSA) is 58.6 Å². The molecule has 1 N–H and O–H groups in total. The van der Waals surface area contributed by atoms with Crippen molar-refractivity contribution in [3.05, 3.63) is 58.7 Å². The van der Waals surface area contributed by atoms with E-state index in [-0.39, 0.29) is 17.2 Å². The largest absolute Gasteiger partial charge is 0.497 e. The van der Waals surface area contributed by atoms with E-state index in [2.05, 4.69) is 5.32 Å². The first kappa shape index (κ1) is 24.7. The third-order valence-electron chi connectivity index (χ3n) is 5.95. The van der Waals surface area contributed by atoms with E-state index in [9.17, 15) is 18.4 Å². The van der Waals surface area contributed by atoms with Gasteiger partial charge in [-0.25, -0.2) is 8.78 Å². The summed E-state index contributed by atoms with van der Waals surface area (Å²) in [7, 11) is 1.57. The molecule has 5 nitrogen and oxygen atoms in total. The maximum Gasteiger partial charge on any atom is 0.251 e. The summed E-state index contributed by atoms with van der Waals surface area (Å²) in [5.74, 6) is -1.39. The van der Waals surface area contributed by atoms with Gasteiger partial charge < -0.3 is 15.0 Å². The smallest absolute Gasteiger partial charge is 0.251 e. The minimum atomic E-state index is -0.891. The number of amides is 2. The van der Waals surface area contributed by atoms with Crippen LogP contribution in [0.2, 0.25) is 0 Å². The summed E-state index contributed by atoms with van der Waals surface area (Å²) < 4.78 is 34.7. The van der Waals surface area contributed by atoms with E-state index < -0.39 is 29.0 Å². The van der Waals surface area contributed by atoms with Gasteiger partial charge in [0.2, 0.25) is 5.91 Å². The van der Waals surface area contributed by atoms with Gasteiger partial charge in [-0.2, -0.15) is 0 Å². The second kappa shape index (κ2) is 9.89. The molecule has 0 aliphatic carbocycles. The molecule has 0 saturated carbocycles. The van der Waals surface area contributed by atoms with Crippen molar-refractivity contribution in [1.29, 1.82) is 0 Å². The monoisotopic (exact) mass is 458 g/mol. The molecule has 178 valence electrons. The highest BCUT2D eigenvalue weighted by molar-refractivity contribution is 5.98. The summed E-state index contributed by atoms with van der Waals surface area (Å²) in [5, 5.41) is 2.64. The minimum Gasteiger partial charge on any atom is -0.497 e. The van der Waals surface area contributed by atoms with Gasteiger partial charge in [0.1, 0.15) is 23.4 Å². The Hall–Kier alpha value is -2.96. The Morgan fingerprint density at radius 1 is 1.15 bits per heavy atom. The summed E-state index contributed by atoms with van der Waals surface area (Å²) in [6.45, 7) is 7.55. The Morgan fingerprint density at radius 3 is 2.39 bits per heavy atom. The fourth-order valence-corrected chi connectivity index (χ4v) is 4.33. The molecule has 1 aliphatic heterocycles. The van der Waals surface area contributed by atoms with Crippen LogP contribution in [-0.4, -0.2) is 30.4 Å². The van der Waals surface area contributed by atoms with Crippen molar-refractivity contribution in [1.82, 2.24) is 4.90 Å². The number of nitrogens with zero attached hydrogens (tertiary/aromatic N) is 1. The van der Waals surface area contributed by atoms with E-state index in [1.165, 1.54) is 0 Å². The van der Waals surface area contributed by atoms with E-state index in [4.69, 9.17) is 4.74 Å². The number of benzene rings is 2. The van der Waals surface area contributed by atoms with Crippen LogP contribution >= 0.6 is 0 Å². The fourth-order valence-electron chi connectivity index (χ4n) is 4.33. The lowest BCUT2D eigenvalue weighted by Gasteiger charge is -2.36. The van der Waals surface area contributed by atoms with Gasteiger partial charge in [-0.1, -0.05) is 40.2 Å². The summed E-state index contributed by atoms with van der Waals surface area (Å²) in [4.78, 5) is 27.9. The first-order valence-electron chi connectivity index (χ1n) is 11.3. The molecule has 2 aromatic rings. The van der Waals surface area contributed by atoms with Crippen molar-refractivity contribution in [3.63, 3.8) is 0 Å². The van der Waals surface area contributed by atoms with Crippen molar-refractivity contribution >= 4 is 17.5 Å². The first-order chi connectivity index (χ1) is 15.6. The quantitative estimate of drug-likeness (QED) is 0.620. The molecular formula is C26H32F2N2O3. The Balaban J connectivity index is 1.96. The number of ether oxygens (including phenoxy) is 1. The lowest BCUT2D eigenvalue weighted by molar-refractivity contribution is -0.139. The number of halogens is 2. The van der Waals surface area contributed by atoms with Crippen molar-refractivity contribution < 1.29 is 23.1 Å². The molecule has 0 bridgehead atoms. The highest BCUT2D eigenvalue weighted by Gasteiger charge is 2.36. The van der Waals surface area contributed by atoms with Gasteiger partial charge in [-0.15, -0.1) is 0 Å². The number of carbonyl (C=O) groups is 2. The summed E-state index contributed by atoms with van der Waals surface area (Å²) in [5.41, 5.74) is 0.864. The van der Waals surface area contributed by atoms with Crippen LogP contribution in [-0.2, 0) is 21.4 Å². The van der Waals surface area contributed by atoms with Crippen molar-refractivity contribution in [2.45, 2.75) is 64.8 Å². The number of fused-ring (bicyclic) bond motifs is 1. The predicted octanol–water partition coefficient (Wildman–Crippen LogP) is 5.53. The van der Waals surface area contributed by atoms with E-state index in [0.29, 0.717) is 30.7 Å². The van der Waals surface area contributed by atoms with Gasteiger partial charge >= 0.3 is 0 Å². The number of carbonyl (C=O) groups excluding carboxylic acids is 2. The average molecular weight is 459 g/mol. The van der Waals surface area contributed by atoms with Gasteiger partial charge in [-0.3, -0.25) is 9.59 Å². The standard InChI is InChI=1S/C26H32F2N2O3/c1-6-7-8-22(31)30-12-11-16-13-18(33-5)9-10-19(16)24(30)25(32)29-17-14-20(27)23(21(28)15-17)26(2,3)4/h9-10,13-15,24H,6-8,11-12H2,1-5H3,(H,29,32)/t24-/m1/s1. The SMILES string of the molecule is CCCCC(=O)N1CCc2cc(OC)ccc2[C@@H]1C(=O)Nc1cc(F)c(C(C)(C)C)c(F)c1. The lowest BCUT2D eigenvalue weighted by atomic mass is 9.86. The van der Waals surface area contributed by atoms with E-state index in [1.807, 2.05) is 13.0 Å². The van der Waals surface area contributed by atoms with Crippen molar-refractivity contribution in [2.24, 2.45) is 0 Å². The maximum atomic E-state index is 14.7. The molecule has 2 amide bonds. The molecule has 0 fully saturated rings.